The lowest BCUT2D eigenvalue weighted by atomic mass is 10.4. The van der Waals surface area contributed by atoms with E-state index in [1.165, 1.54) is 23.9 Å². The van der Waals surface area contributed by atoms with Gasteiger partial charge in [0.1, 0.15) is 16.2 Å². The summed E-state index contributed by atoms with van der Waals surface area (Å²) in [6, 6.07) is 8.27. The van der Waals surface area contributed by atoms with Crippen molar-refractivity contribution in [2.45, 2.75) is 10.6 Å². The topological polar surface area (TPSA) is 26.0 Å². The molecule has 1 heterocycles. The van der Waals surface area contributed by atoms with Crippen molar-refractivity contribution in [1.82, 2.24) is 5.16 Å². The van der Waals surface area contributed by atoms with Crippen LogP contribution >= 0.6 is 27.7 Å². The summed E-state index contributed by atoms with van der Waals surface area (Å²) in [5.41, 5.74) is 0. The van der Waals surface area contributed by atoms with Crippen molar-refractivity contribution in [3.63, 3.8) is 0 Å². The van der Waals surface area contributed by atoms with E-state index in [2.05, 4.69) is 21.1 Å². The number of aromatic nitrogens is 1. The Morgan fingerprint density at radius 3 is 2.93 bits per heavy atom. The highest BCUT2D eigenvalue weighted by Crippen LogP contribution is 2.24. The highest BCUT2D eigenvalue weighted by atomic mass is 79.9. The first kappa shape index (κ1) is 10.7. The maximum Gasteiger partial charge on any atom is 0.149 e. The predicted molar refractivity (Wildman–Crippen MR) is 60.2 cm³/mol. The summed E-state index contributed by atoms with van der Waals surface area (Å²) in [6.45, 7) is 0. The van der Waals surface area contributed by atoms with E-state index in [-0.39, 0.29) is 5.82 Å². The van der Waals surface area contributed by atoms with Gasteiger partial charge in [-0.25, -0.2) is 4.39 Å². The SMILES string of the molecule is Fc1cccc(SCc2cc(Br)no2)c1. The summed E-state index contributed by atoms with van der Waals surface area (Å²) < 4.78 is 18.5. The molecule has 0 radical (unpaired) electrons. The Morgan fingerprint density at radius 1 is 1.40 bits per heavy atom. The van der Waals surface area contributed by atoms with Crippen molar-refractivity contribution >= 4 is 27.7 Å². The third-order valence-electron chi connectivity index (χ3n) is 1.71. The fourth-order valence-corrected chi connectivity index (χ4v) is 2.21. The average Bonchev–Trinajstić information content (AvgIpc) is 2.62. The Morgan fingerprint density at radius 2 is 2.27 bits per heavy atom. The molecule has 0 aliphatic carbocycles. The summed E-state index contributed by atoms with van der Waals surface area (Å²) in [4.78, 5) is 0.877. The number of hydrogen-bond donors (Lipinski definition) is 0. The molecule has 0 atom stereocenters. The van der Waals surface area contributed by atoms with Crippen molar-refractivity contribution in [1.29, 1.82) is 0 Å². The van der Waals surface area contributed by atoms with Crippen LogP contribution in [0.1, 0.15) is 5.76 Å². The molecule has 2 nitrogen and oxygen atoms in total. The number of rotatable bonds is 3. The quantitative estimate of drug-likeness (QED) is 0.802. The van der Waals surface area contributed by atoms with E-state index in [0.717, 1.165) is 10.7 Å². The monoisotopic (exact) mass is 287 g/mol. The first-order valence-corrected chi connectivity index (χ1v) is 6.01. The molecule has 0 unspecified atom stereocenters. The van der Waals surface area contributed by atoms with Gasteiger partial charge in [-0.2, -0.15) is 0 Å². The van der Waals surface area contributed by atoms with Crippen LogP contribution in [-0.4, -0.2) is 5.16 Å². The van der Waals surface area contributed by atoms with Crippen LogP contribution in [0.4, 0.5) is 4.39 Å². The maximum atomic E-state index is 12.8. The molecule has 0 spiro atoms. The molecule has 0 aliphatic rings. The molecule has 5 heteroatoms. The van der Waals surface area contributed by atoms with Gasteiger partial charge in [-0.15, -0.1) is 11.8 Å². The second-order valence-corrected chi connectivity index (χ2v) is 4.72. The fourth-order valence-electron chi connectivity index (χ4n) is 1.07. The van der Waals surface area contributed by atoms with Crippen molar-refractivity contribution in [3.8, 4) is 0 Å². The minimum absolute atomic E-state index is 0.223. The fraction of sp³-hybridized carbons (Fsp3) is 0.100. The maximum absolute atomic E-state index is 12.8. The van der Waals surface area contributed by atoms with E-state index < -0.39 is 0 Å². The van der Waals surface area contributed by atoms with Gasteiger partial charge in [-0.1, -0.05) is 11.2 Å². The van der Waals surface area contributed by atoms with E-state index in [1.807, 2.05) is 6.07 Å². The third kappa shape index (κ3) is 3.07. The van der Waals surface area contributed by atoms with Crippen molar-refractivity contribution < 1.29 is 8.91 Å². The number of benzene rings is 1. The lowest BCUT2D eigenvalue weighted by Crippen LogP contribution is -1.78. The number of nitrogens with zero attached hydrogens (tertiary/aromatic N) is 1. The molecule has 1 aromatic carbocycles. The second kappa shape index (κ2) is 4.81. The van der Waals surface area contributed by atoms with E-state index in [4.69, 9.17) is 4.52 Å². The van der Waals surface area contributed by atoms with E-state index in [0.29, 0.717) is 10.4 Å². The summed E-state index contributed by atoms with van der Waals surface area (Å²) in [5, 5.41) is 3.70. The molecule has 15 heavy (non-hydrogen) atoms. The highest BCUT2D eigenvalue weighted by molar-refractivity contribution is 9.10. The Balaban J connectivity index is 1.99. The van der Waals surface area contributed by atoms with Crippen molar-refractivity contribution in [2.75, 3.05) is 0 Å². The number of hydrogen-bond acceptors (Lipinski definition) is 3. The molecule has 0 fully saturated rings. The Labute approximate surface area is 99.0 Å². The van der Waals surface area contributed by atoms with Crippen LogP contribution in [0.2, 0.25) is 0 Å². The zero-order chi connectivity index (χ0) is 10.7. The summed E-state index contributed by atoms with van der Waals surface area (Å²) in [5.74, 6) is 1.18. The predicted octanol–water partition coefficient (Wildman–Crippen LogP) is 3.87. The van der Waals surface area contributed by atoms with Gasteiger partial charge >= 0.3 is 0 Å². The Hall–Kier alpha value is -0.810. The molecule has 2 rings (SSSR count). The molecule has 0 saturated heterocycles. The molecule has 0 bridgehead atoms. The van der Waals surface area contributed by atoms with Gasteiger partial charge in [0.15, 0.2) is 0 Å². The van der Waals surface area contributed by atoms with E-state index in [1.54, 1.807) is 12.1 Å². The first-order chi connectivity index (χ1) is 7.24. The van der Waals surface area contributed by atoms with Gasteiger partial charge in [0, 0.05) is 11.0 Å². The molecule has 0 aliphatic heterocycles. The average molecular weight is 288 g/mol. The normalized spacial score (nSPS) is 10.5. The molecular formula is C10H7BrFNOS. The first-order valence-electron chi connectivity index (χ1n) is 4.23. The van der Waals surface area contributed by atoms with Crippen LogP contribution in [0.25, 0.3) is 0 Å². The summed E-state index contributed by atoms with van der Waals surface area (Å²) in [7, 11) is 0. The molecular weight excluding hydrogens is 281 g/mol. The van der Waals surface area contributed by atoms with E-state index in [9.17, 15) is 4.39 Å². The van der Waals surface area contributed by atoms with Crippen LogP contribution in [0, 0.1) is 5.82 Å². The van der Waals surface area contributed by atoms with Gasteiger partial charge in [0.05, 0.1) is 5.75 Å². The summed E-state index contributed by atoms with van der Waals surface area (Å²) >= 11 is 4.70. The largest absolute Gasteiger partial charge is 0.359 e. The van der Waals surface area contributed by atoms with Crippen molar-refractivity contribution in [3.05, 3.63) is 46.5 Å². The molecule has 0 amide bonds. The number of thioether (sulfide) groups is 1. The second-order valence-electron chi connectivity index (χ2n) is 2.86. The van der Waals surface area contributed by atoms with Gasteiger partial charge < -0.3 is 4.52 Å². The van der Waals surface area contributed by atoms with Crippen molar-refractivity contribution in [2.24, 2.45) is 0 Å². The molecule has 1 aromatic heterocycles. The smallest absolute Gasteiger partial charge is 0.149 e. The third-order valence-corrected chi connectivity index (χ3v) is 3.10. The highest BCUT2D eigenvalue weighted by Gasteiger charge is 2.03. The Kier molecular flexibility index (Phi) is 3.43. The van der Waals surface area contributed by atoms with Crippen LogP contribution in [0.5, 0.6) is 0 Å². The van der Waals surface area contributed by atoms with Crippen LogP contribution in [-0.2, 0) is 5.75 Å². The number of halogens is 2. The van der Waals surface area contributed by atoms with Crippen LogP contribution in [0.3, 0.4) is 0 Å². The van der Waals surface area contributed by atoms with Gasteiger partial charge in [0.2, 0.25) is 0 Å². The molecule has 0 saturated carbocycles. The minimum atomic E-state index is -0.223. The molecule has 78 valence electrons. The van der Waals surface area contributed by atoms with Crippen LogP contribution < -0.4 is 0 Å². The molecule has 2 aromatic rings. The zero-order valence-electron chi connectivity index (χ0n) is 7.61. The van der Waals surface area contributed by atoms with Gasteiger partial charge in [0.25, 0.3) is 0 Å². The Bertz CT molecular complexity index is 460. The van der Waals surface area contributed by atoms with Gasteiger partial charge in [-0.05, 0) is 34.1 Å². The lowest BCUT2D eigenvalue weighted by molar-refractivity contribution is 0.391. The lowest BCUT2D eigenvalue weighted by Gasteiger charge is -1.97. The molecule has 0 N–H and O–H groups in total. The van der Waals surface area contributed by atoms with Crippen LogP contribution in [0.15, 0.2) is 44.4 Å². The zero-order valence-corrected chi connectivity index (χ0v) is 10.0. The standard InChI is InChI=1S/C10H7BrFNOS/c11-10-5-8(14-13-10)6-15-9-3-1-2-7(12)4-9/h1-5H,6H2. The summed E-state index contributed by atoms with van der Waals surface area (Å²) in [6.07, 6.45) is 0. The van der Waals surface area contributed by atoms with Gasteiger partial charge in [-0.3, -0.25) is 0 Å². The van der Waals surface area contributed by atoms with E-state index >= 15 is 0 Å². The minimum Gasteiger partial charge on any atom is -0.359 e.